The van der Waals surface area contributed by atoms with Crippen molar-refractivity contribution in [3.05, 3.63) is 28.0 Å². The highest BCUT2D eigenvalue weighted by Gasteiger charge is 2.20. The number of carbonyl (C=O) groups is 1. The van der Waals surface area contributed by atoms with Crippen LogP contribution in [0.3, 0.4) is 0 Å². The van der Waals surface area contributed by atoms with Gasteiger partial charge in [-0.1, -0.05) is 27.5 Å². The Hall–Kier alpha value is -0.750. The molecule has 3 nitrogen and oxygen atoms in total. The number of alkyl halides is 3. The molecule has 0 amide bonds. The van der Waals surface area contributed by atoms with E-state index in [0.29, 0.717) is 5.56 Å². The second-order valence-corrected chi connectivity index (χ2v) is 3.71. The molecule has 16 heavy (non-hydrogen) atoms. The summed E-state index contributed by atoms with van der Waals surface area (Å²) in [5.74, 6) is -0.722. The first-order chi connectivity index (χ1) is 7.51. The molecule has 0 spiro atoms. The molecular formula is C9H7BrClF2NO2. The topological polar surface area (TPSA) is 39.2 Å². The van der Waals surface area contributed by atoms with Crippen molar-refractivity contribution in [2.45, 2.75) is 11.8 Å². The zero-order valence-corrected chi connectivity index (χ0v) is 10.5. The van der Waals surface area contributed by atoms with Gasteiger partial charge in [0.15, 0.2) is 0 Å². The van der Waals surface area contributed by atoms with Crippen LogP contribution in [0, 0.1) is 0 Å². The number of methoxy groups -OCH3 is 1. The molecule has 0 aliphatic heterocycles. The minimum Gasteiger partial charge on any atom is -0.465 e. The van der Waals surface area contributed by atoms with Crippen molar-refractivity contribution in [1.29, 1.82) is 0 Å². The van der Waals surface area contributed by atoms with E-state index in [0.717, 1.165) is 13.2 Å². The third-order valence-corrected chi connectivity index (χ3v) is 2.73. The van der Waals surface area contributed by atoms with Crippen LogP contribution in [-0.2, 0) is 10.1 Å². The summed E-state index contributed by atoms with van der Waals surface area (Å²) in [5, 5.41) is 0.0994. The van der Waals surface area contributed by atoms with E-state index >= 15 is 0 Å². The zero-order chi connectivity index (χ0) is 12.3. The second kappa shape index (κ2) is 5.54. The van der Waals surface area contributed by atoms with Gasteiger partial charge in [0, 0.05) is 10.9 Å². The lowest BCUT2D eigenvalue weighted by Gasteiger charge is -2.09. The number of pyridine rings is 1. The van der Waals surface area contributed by atoms with Crippen LogP contribution in [0.1, 0.15) is 28.0 Å². The van der Waals surface area contributed by atoms with Gasteiger partial charge in [-0.3, -0.25) is 0 Å². The molecule has 7 heteroatoms. The summed E-state index contributed by atoms with van der Waals surface area (Å²) in [6.45, 7) is 0. The SMILES string of the molecule is COC(=O)c1cc(C(F)F)nc(Cl)c1CBr. The molecule has 0 aliphatic carbocycles. The highest BCUT2D eigenvalue weighted by molar-refractivity contribution is 9.08. The van der Waals surface area contributed by atoms with Crippen molar-refractivity contribution in [2.24, 2.45) is 0 Å². The normalized spacial score (nSPS) is 10.6. The minimum atomic E-state index is -2.79. The molecule has 0 radical (unpaired) electrons. The van der Waals surface area contributed by atoms with Crippen LogP contribution in [0.5, 0.6) is 0 Å². The lowest BCUT2D eigenvalue weighted by atomic mass is 10.1. The first kappa shape index (κ1) is 13.3. The Morgan fingerprint density at radius 3 is 2.75 bits per heavy atom. The number of nitrogens with zero attached hydrogens (tertiary/aromatic N) is 1. The maximum absolute atomic E-state index is 12.4. The average Bonchev–Trinajstić information content (AvgIpc) is 2.26. The third-order valence-electron chi connectivity index (χ3n) is 1.86. The molecule has 1 aromatic heterocycles. The molecule has 0 unspecified atom stereocenters. The number of hydrogen-bond donors (Lipinski definition) is 0. The fraction of sp³-hybridized carbons (Fsp3) is 0.333. The van der Waals surface area contributed by atoms with Gasteiger partial charge < -0.3 is 4.74 Å². The highest BCUT2D eigenvalue weighted by Crippen LogP contribution is 2.27. The van der Waals surface area contributed by atoms with E-state index in [2.05, 4.69) is 25.7 Å². The molecule has 88 valence electrons. The van der Waals surface area contributed by atoms with Gasteiger partial charge in [-0.15, -0.1) is 0 Å². The summed E-state index contributed by atoms with van der Waals surface area (Å²) in [7, 11) is 1.16. The van der Waals surface area contributed by atoms with Crippen molar-refractivity contribution < 1.29 is 18.3 Å². The van der Waals surface area contributed by atoms with Gasteiger partial charge in [0.1, 0.15) is 10.8 Å². The molecule has 1 heterocycles. The zero-order valence-electron chi connectivity index (χ0n) is 8.14. The maximum Gasteiger partial charge on any atom is 0.338 e. The van der Waals surface area contributed by atoms with Gasteiger partial charge in [-0.05, 0) is 6.07 Å². The van der Waals surface area contributed by atoms with Crippen LogP contribution < -0.4 is 0 Å². The molecule has 0 saturated heterocycles. The summed E-state index contributed by atoms with van der Waals surface area (Å²) >= 11 is 8.80. The lowest BCUT2D eigenvalue weighted by Crippen LogP contribution is -2.08. The molecule has 1 aromatic rings. The first-order valence-corrected chi connectivity index (χ1v) is 5.63. The Balaban J connectivity index is 3.36. The Bertz CT molecular complexity index is 415. The Kier molecular flexibility index (Phi) is 4.61. The second-order valence-electron chi connectivity index (χ2n) is 2.79. The summed E-state index contributed by atoms with van der Waals surface area (Å²) in [6.07, 6.45) is -2.79. The molecule has 0 saturated carbocycles. The Morgan fingerprint density at radius 1 is 1.69 bits per heavy atom. The maximum atomic E-state index is 12.4. The van der Waals surface area contributed by atoms with E-state index in [1.807, 2.05) is 0 Å². The lowest BCUT2D eigenvalue weighted by molar-refractivity contribution is 0.0599. The van der Waals surface area contributed by atoms with Gasteiger partial charge in [0.05, 0.1) is 12.7 Å². The quantitative estimate of drug-likeness (QED) is 0.488. The standard InChI is InChI=1S/C9H7BrClF2NO2/c1-16-9(15)4-2-6(8(12)13)14-7(11)5(4)3-10/h2,8H,3H2,1H3. The number of aromatic nitrogens is 1. The third kappa shape index (κ3) is 2.68. The van der Waals surface area contributed by atoms with Crippen molar-refractivity contribution in [3.8, 4) is 0 Å². The molecule has 0 aromatic carbocycles. The molecule has 0 bridgehead atoms. The van der Waals surface area contributed by atoms with Crippen LogP contribution in [0.25, 0.3) is 0 Å². The van der Waals surface area contributed by atoms with E-state index < -0.39 is 18.1 Å². The fourth-order valence-corrected chi connectivity index (χ4v) is 2.09. The minimum absolute atomic E-state index is 0.00493. The largest absolute Gasteiger partial charge is 0.465 e. The van der Waals surface area contributed by atoms with E-state index in [4.69, 9.17) is 11.6 Å². The van der Waals surface area contributed by atoms with Gasteiger partial charge in [0.2, 0.25) is 0 Å². The number of ether oxygens (including phenoxy) is 1. The molecule has 0 atom stereocenters. The van der Waals surface area contributed by atoms with Crippen LogP contribution in [0.15, 0.2) is 6.07 Å². The van der Waals surface area contributed by atoms with Crippen molar-refractivity contribution >= 4 is 33.5 Å². The summed E-state index contributed by atoms with van der Waals surface area (Å²) in [5.41, 5.74) is -0.220. The van der Waals surface area contributed by atoms with E-state index in [1.54, 1.807) is 0 Å². The molecule has 0 fully saturated rings. The summed E-state index contributed by atoms with van der Waals surface area (Å²) < 4.78 is 29.4. The van der Waals surface area contributed by atoms with Gasteiger partial charge >= 0.3 is 5.97 Å². The van der Waals surface area contributed by atoms with Gasteiger partial charge in [-0.25, -0.2) is 18.6 Å². The number of rotatable bonds is 3. The predicted molar refractivity (Wildman–Crippen MR) is 58.2 cm³/mol. The molecular weight excluding hydrogens is 307 g/mol. The number of halogens is 4. The van der Waals surface area contributed by atoms with Crippen LogP contribution in [-0.4, -0.2) is 18.1 Å². The monoisotopic (exact) mass is 313 g/mol. The highest BCUT2D eigenvalue weighted by atomic mass is 79.9. The molecule has 1 rings (SSSR count). The van der Waals surface area contributed by atoms with E-state index in [-0.39, 0.29) is 16.0 Å². The van der Waals surface area contributed by atoms with Crippen molar-refractivity contribution in [1.82, 2.24) is 4.98 Å². The number of hydrogen-bond acceptors (Lipinski definition) is 3. The molecule has 0 N–H and O–H groups in total. The Morgan fingerprint density at radius 2 is 2.31 bits per heavy atom. The smallest absolute Gasteiger partial charge is 0.338 e. The fourth-order valence-electron chi connectivity index (χ4n) is 1.09. The predicted octanol–water partition coefficient (Wildman–Crippen LogP) is 3.35. The summed E-state index contributed by atoms with van der Waals surface area (Å²) in [6, 6.07) is 0.985. The van der Waals surface area contributed by atoms with E-state index in [9.17, 15) is 13.6 Å². The first-order valence-electron chi connectivity index (χ1n) is 4.13. The van der Waals surface area contributed by atoms with Gasteiger partial charge in [0.25, 0.3) is 6.43 Å². The van der Waals surface area contributed by atoms with Crippen LogP contribution >= 0.6 is 27.5 Å². The Labute approximate surface area is 104 Å². The van der Waals surface area contributed by atoms with Crippen LogP contribution in [0.2, 0.25) is 5.15 Å². The average molecular weight is 315 g/mol. The van der Waals surface area contributed by atoms with Crippen molar-refractivity contribution in [2.75, 3.05) is 7.11 Å². The van der Waals surface area contributed by atoms with Gasteiger partial charge in [-0.2, -0.15) is 0 Å². The molecule has 0 aliphatic rings. The number of esters is 1. The summed E-state index contributed by atoms with van der Waals surface area (Å²) in [4.78, 5) is 14.8. The number of carbonyl (C=O) groups excluding carboxylic acids is 1. The van der Waals surface area contributed by atoms with Crippen molar-refractivity contribution in [3.63, 3.8) is 0 Å². The van der Waals surface area contributed by atoms with E-state index in [1.165, 1.54) is 0 Å². The van der Waals surface area contributed by atoms with Crippen LogP contribution in [0.4, 0.5) is 8.78 Å².